The zero-order chi connectivity index (χ0) is 12.4. The van der Waals surface area contributed by atoms with Crippen LogP contribution >= 0.6 is 0 Å². The maximum Gasteiger partial charge on any atom is -0.00203 e. The summed E-state index contributed by atoms with van der Waals surface area (Å²) in [4.78, 5) is 0. The fraction of sp³-hybridized carbons (Fsp3) is 1.00. The van der Waals surface area contributed by atoms with Gasteiger partial charge in [-0.3, -0.25) is 0 Å². The first kappa shape index (κ1) is 16.0. The predicted molar refractivity (Wildman–Crippen MR) is 74.8 cm³/mol. The van der Waals surface area contributed by atoms with Crippen LogP contribution in [0, 0.1) is 17.8 Å². The number of hydrogen-bond acceptors (Lipinski definition) is 1. The summed E-state index contributed by atoms with van der Waals surface area (Å²) >= 11 is 0. The van der Waals surface area contributed by atoms with E-state index in [9.17, 15) is 0 Å². The van der Waals surface area contributed by atoms with Crippen LogP contribution in [0.3, 0.4) is 0 Å². The molecule has 0 rings (SSSR count). The molecule has 0 saturated carbocycles. The van der Waals surface area contributed by atoms with Crippen molar-refractivity contribution in [1.82, 2.24) is 5.32 Å². The van der Waals surface area contributed by atoms with Gasteiger partial charge in [0.15, 0.2) is 0 Å². The van der Waals surface area contributed by atoms with E-state index in [1.54, 1.807) is 0 Å². The summed E-state index contributed by atoms with van der Waals surface area (Å²) in [7, 11) is 0. The van der Waals surface area contributed by atoms with Crippen molar-refractivity contribution in [1.29, 1.82) is 0 Å². The number of hydrogen-bond donors (Lipinski definition) is 1. The summed E-state index contributed by atoms with van der Waals surface area (Å²) in [6, 6.07) is 0. The third kappa shape index (κ3) is 9.21. The van der Waals surface area contributed by atoms with Crippen LogP contribution in [0.25, 0.3) is 0 Å². The van der Waals surface area contributed by atoms with Crippen LogP contribution in [0.4, 0.5) is 0 Å². The molecular formula is C15H33N. The smallest absolute Gasteiger partial charge is 0.00203 e. The Morgan fingerprint density at radius 1 is 0.875 bits per heavy atom. The first-order valence-corrected chi connectivity index (χ1v) is 7.30. The van der Waals surface area contributed by atoms with Gasteiger partial charge in [0.1, 0.15) is 0 Å². The van der Waals surface area contributed by atoms with Gasteiger partial charge in [0.2, 0.25) is 0 Å². The van der Waals surface area contributed by atoms with Crippen molar-refractivity contribution in [2.75, 3.05) is 13.1 Å². The van der Waals surface area contributed by atoms with Crippen LogP contribution in [-0.2, 0) is 0 Å². The van der Waals surface area contributed by atoms with Crippen LogP contribution in [0.2, 0.25) is 0 Å². The average molecular weight is 227 g/mol. The second-order valence-corrected chi connectivity index (χ2v) is 5.84. The summed E-state index contributed by atoms with van der Waals surface area (Å²) in [6.07, 6.45) is 6.85. The molecule has 0 fully saturated rings. The van der Waals surface area contributed by atoms with E-state index in [0.717, 1.165) is 17.8 Å². The van der Waals surface area contributed by atoms with Gasteiger partial charge < -0.3 is 5.32 Å². The Morgan fingerprint density at radius 2 is 1.50 bits per heavy atom. The molecule has 1 nitrogen and oxygen atoms in total. The summed E-state index contributed by atoms with van der Waals surface area (Å²) in [5.41, 5.74) is 0. The quantitative estimate of drug-likeness (QED) is 0.580. The fourth-order valence-corrected chi connectivity index (χ4v) is 2.47. The van der Waals surface area contributed by atoms with Gasteiger partial charge in [0, 0.05) is 0 Å². The van der Waals surface area contributed by atoms with Gasteiger partial charge in [-0.05, 0) is 43.7 Å². The summed E-state index contributed by atoms with van der Waals surface area (Å²) in [5.74, 6) is 2.57. The SMILES string of the molecule is CCCC(C)CC(CCC)CNCC(C)C. The van der Waals surface area contributed by atoms with Gasteiger partial charge in [-0.15, -0.1) is 0 Å². The average Bonchev–Trinajstić information content (AvgIpc) is 2.17. The lowest BCUT2D eigenvalue weighted by atomic mass is 9.89. The van der Waals surface area contributed by atoms with Crippen LogP contribution in [0.5, 0.6) is 0 Å². The van der Waals surface area contributed by atoms with E-state index in [2.05, 4.69) is 39.9 Å². The van der Waals surface area contributed by atoms with Gasteiger partial charge >= 0.3 is 0 Å². The minimum Gasteiger partial charge on any atom is -0.316 e. The third-order valence-corrected chi connectivity index (χ3v) is 3.20. The van der Waals surface area contributed by atoms with Gasteiger partial charge in [0.25, 0.3) is 0 Å². The molecule has 0 aromatic heterocycles. The van der Waals surface area contributed by atoms with E-state index in [4.69, 9.17) is 0 Å². The van der Waals surface area contributed by atoms with E-state index in [1.165, 1.54) is 45.2 Å². The van der Waals surface area contributed by atoms with Crippen molar-refractivity contribution in [3.05, 3.63) is 0 Å². The second kappa shape index (κ2) is 10.1. The van der Waals surface area contributed by atoms with Gasteiger partial charge in [-0.25, -0.2) is 0 Å². The predicted octanol–water partition coefficient (Wildman–Crippen LogP) is 4.47. The van der Waals surface area contributed by atoms with Crippen molar-refractivity contribution in [3.8, 4) is 0 Å². The topological polar surface area (TPSA) is 12.0 Å². The monoisotopic (exact) mass is 227 g/mol. The Hall–Kier alpha value is -0.0400. The molecule has 16 heavy (non-hydrogen) atoms. The van der Waals surface area contributed by atoms with Crippen molar-refractivity contribution in [2.24, 2.45) is 17.8 Å². The summed E-state index contributed by atoms with van der Waals surface area (Å²) < 4.78 is 0. The van der Waals surface area contributed by atoms with E-state index in [0.29, 0.717) is 0 Å². The largest absolute Gasteiger partial charge is 0.316 e. The van der Waals surface area contributed by atoms with E-state index < -0.39 is 0 Å². The summed E-state index contributed by atoms with van der Waals surface area (Å²) in [6.45, 7) is 14.0. The Kier molecular flexibility index (Phi) is 10.1. The normalized spacial score (nSPS) is 15.4. The molecule has 0 aromatic rings. The Morgan fingerprint density at radius 3 is 2.00 bits per heavy atom. The van der Waals surface area contributed by atoms with Gasteiger partial charge in [-0.1, -0.05) is 53.9 Å². The molecule has 0 aliphatic rings. The van der Waals surface area contributed by atoms with Crippen LogP contribution in [0.1, 0.15) is 66.7 Å². The van der Waals surface area contributed by atoms with Crippen molar-refractivity contribution >= 4 is 0 Å². The number of nitrogens with one attached hydrogen (secondary N) is 1. The van der Waals surface area contributed by atoms with E-state index in [-0.39, 0.29) is 0 Å². The Balaban J connectivity index is 3.77. The molecule has 2 atom stereocenters. The van der Waals surface area contributed by atoms with Crippen LogP contribution in [0.15, 0.2) is 0 Å². The molecule has 0 radical (unpaired) electrons. The summed E-state index contributed by atoms with van der Waals surface area (Å²) in [5, 5.41) is 3.62. The maximum atomic E-state index is 3.62. The van der Waals surface area contributed by atoms with Crippen LogP contribution < -0.4 is 5.32 Å². The Labute approximate surface area is 103 Å². The molecule has 1 heteroatoms. The molecule has 0 aromatic carbocycles. The minimum absolute atomic E-state index is 0.773. The molecule has 0 saturated heterocycles. The molecule has 0 heterocycles. The highest BCUT2D eigenvalue weighted by atomic mass is 14.9. The highest BCUT2D eigenvalue weighted by Crippen LogP contribution is 2.20. The highest BCUT2D eigenvalue weighted by molar-refractivity contribution is 4.66. The molecule has 98 valence electrons. The fourth-order valence-electron chi connectivity index (χ4n) is 2.47. The van der Waals surface area contributed by atoms with Crippen molar-refractivity contribution in [2.45, 2.75) is 66.7 Å². The zero-order valence-corrected chi connectivity index (χ0v) is 12.2. The first-order chi connectivity index (χ1) is 7.60. The van der Waals surface area contributed by atoms with E-state index in [1.807, 2.05) is 0 Å². The molecule has 0 aliphatic heterocycles. The highest BCUT2D eigenvalue weighted by Gasteiger charge is 2.12. The lowest BCUT2D eigenvalue weighted by Gasteiger charge is -2.21. The van der Waals surface area contributed by atoms with Crippen molar-refractivity contribution in [3.63, 3.8) is 0 Å². The molecule has 0 aliphatic carbocycles. The molecule has 1 N–H and O–H groups in total. The van der Waals surface area contributed by atoms with Crippen molar-refractivity contribution < 1.29 is 0 Å². The van der Waals surface area contributed by atoms with Gasteiger partial charge in [-0.2, -0.15) is 0 Å². The Bertz CT molecular complexity index is 142. The molecular weight excluding hydrogens is 194 g/mol. The van der Waals surface area contributed by atoms with Gasteiger partial charge in [0.05, 0.1) is 0 Å². The first-order valence-electron chi connectivity index (χ1n) is 7.30. The minimum atomic E-state index is 0.773. The molecule has 0 amide bonds. The molecule has 2 unspecified atom stereocenters. The molecule has 0 spiro atoms. The second-order valence-electron chi connectivity index (χ2n) is 5.84. The standard InChI is InChI=1S/C15H33N/c1-6-8-14(5)10-15(9-7-2)12-16-11-13(3)4/h13-16H,6-12H2,1-5H3. The van der Waals surface area contributed by atoms with Crippen LogP contribution in [-0.4, -0.2) is 13.1 Å². The lowest BCUT2D eigenvalue weighted by molar-refractivity contribution is 0.332. The third-order valence-electron chi connectivity index (χ3n) is 3.20. The number of rotatable bonds is 10. The lowest BCUT2D eigenvalue weighted by Crippen LogP contribution is -2.27. The molecule has 0 bridgehead atoms. The zero-order valence-electron chi connectivity index (χ0n) is 12.2. The maximum absolute atomic E-state index is 3.62. The van der Waals surface area contributed by atoms with E-state index >= 15 is 0 Å².